The lowest BCUT2D eigenvalue weighted by atomic mass is 10.2. The number of nitrogens with two attached hydrogens (primary N) is 1. The van der Waals surface area contributed by atoms with E-state index >= 15 is 0 Å². The molecular formula is C19H17N5O2S. The van der Waals surface area contributed by atoms with E-state index in [2.05, 4.69) is 15.2 Å². The van der Waals surface area contributed by atoms with Gasteiger partial charge in [0.1, 0.15) is 12.0 Å². The first-order chi connectivity index (χ1) is 13.3. The summed E-state index contributed by atoms with van der Waals surface area (Å²) in [7, 11) is 1.61. The highest BCUT2D eigenvalue weighted by Gasteiger charge is 2.16. The van der Waals surface area contributed by atoms with E-state index in [1.54, 1.807) is 13.4 Å². The van der Waals surface area contributed by atoms with Gasteiger partial charge in [-0.25, -0.2) is 9.66 Å². The number of thioether (sulfide) groups is 1. The number of rotatable bonds is 6. The van der Waals surface area contributed by atoms with E-state index in [1.165, 1.54) is 16.4 Å². The highest BCUT2D eigenvalue weighted by atomic mass is 32.2. The zero-order valence-electron chi connectivity index (χ0n) is 14.6. The Labute approximate surface area is 160 Å². The molecular weight excluding hydrogens is 362 g/mol. The van der Waals surface area contributed by atoms with Gasteiger partial charge in [0.15, 0.2) is 5.82 Å². The maximum atomic E-state index is 6.19. The van der Waals surface area contributed by atoms with E-state index in [4.69, 9.17) is 15.0 Å². The van der Waals surface area contributed by atoms with Crippen LogP contribution in [0.25, 0.3) is 22.8 Å². The first-order valence-electron chi connectivity index (χ1n) is 8.23. The molecule has 2 aromatic carbocycles. The van der Waals surface area contributed by atoms with Crippen molar-refractivity contribution in [3.63, 3.8) is 0 Å². The standard InChI is InChI=1S/C19H17N5O2S/c1-25-16-10-6-5-9-15(16)17-22-23-19(24(17)20)27-12-14-11-26-18(21-14)13-7-3-2-4-8-13/h2-11H,12,20H2,1H3. The number of nitrogen functional groups attached to an aromatic ring is 1. The van der Waals surface area contributed by atoms with E-state index < -0.39 is 0 Å². The van der Waals surface area contributed by atoms with Crippen LogP contribution in [-0.4, -0.2) is 27.0 Å². The molecule has 0 amide bonds. The van der Waals surface area contributed by atoms with E-state index in [-0.39, 0.29) is 0 Å². The van der Waals surface area contributed by atoms with Crippen LogP contribution in [0.2, 0.25) is 0 Å². The number of nitrogens with zero attached hydrogens (tertiary/aromatic N) is 4. The fraction of sp³-hybridized carbons (Fsp3) is 0.105. The lowest BCUT2D eigenvalue weighted by Crippen LogP contribution is -2.12. The number of benzene rings is 2. The molecule has 27 heavy (non-hydrogen) atoms. The molecule has 0 bridgehead atoms. The Morgan fingerprint density at radius 2 is 1.85 bits per heavy atom. The van der Waals surface area contributed by atoms with Crippen molar-refractivity contribution in [1.29, 1.82) is 0 Å². The maximum Gasteiger partial charge on any atom is 0.226 e. The van der Waals surface area contributed by atoms with E-state index in [9.17, 15) is 0 Å². The van der Waals surface area contributed by atoms with Gasteiger partial charge in [-0.2, -0.15) is 0 Å². The fourth-order valence-corrected chi connectivity index (χ4v) is 3.35. The Bertz CT molecular complexity index is 1050. The SMILES string of the molecule is COc1ccccc1-c1nnc(SCc2coc(-c3ccccc3)n2)n1N. The summed E-state index contributed by atoms with van der Waals surface area (Å²) >= 11 is 1.44. The summed E-state index contributed by atoms with van der Waals surface area (Å²) in [6.07, 6.45) is 1.65. The van der Waals surface area contributed by atoms with Gasteiger partial charge in [-0.15, -0.1) is 10.2 Å². The minimum Gasteiger partial charge on any atom is -0.496 e. The first-order valence-corrected chi connectivity index (χ1v) is 9.21. The van der Waals surface area contributed by atoms with E-state index in [0.717, 1.165) is 16.8 Å². The van der Waals surface area contributed by atoms with Crippen LogP contribution in [0.5, 0.6) is 5.75 Å². The molecule has 0 unspecified atom stereocenters. The Morgan fingerprint density at radius 1 is 1.07 bits per heavy atom. The molecule has 0 fully saturated rings. The van der Waals surface area contributed by atoms with E-state index in [0.29, 0.717) is 28.4 Å². The smallest absolute Gasteiger partial charge is 0.226 e. The van der Waals surface area contributed by atoms with Crippen LogP contribution in [0.15, 0.2) is 70.4 Å². The molecule has 4 aromatic rings. The molecule has 4 rings (SSSR count). The molecule has 8 heteroatoms. The summed E-state index contributed by atoms with van der Waals surface area (Å²) in [5, 5.41) is 8.97. The molecule has 0 radical (unpaired) electrons. The predicted molar refractivity (Wildman–Crippen MR) is 104 cm³/mol. The number of oxazole rings is 1. The van der Waals surface area contributed by atoms with Gasteiger partial charge in [0.2, 0.25) is 11.0 Å². The van der Waals surface area contributed by atoms with Crippen molar-refractivity contribution in [3.8, 4) is 28.6 Å². The molecule has 0 aliphatic heterocycles. The van der Waals surface area contributed by atoms with Crippen molar-refractivity contribution in [1.82, 2.24) is 19.9 Å². The summed E-state index contributed by atoms with van der Waals surface area (Å²) < 4.78 is 12.4. The molecule has 0 saturated carbocycles. The third kappa shape index (κ3) is 3.52. The summed E-state index contributed by atoms with van der Waals surface area (Å²) in [6, 6.07) is 17.3. The fourth-order valence-electron chi connectivity index (χ4n) is 2.61. The molecule has 136 valence electrons. The average Bonchev–Trinajstić information content (AvgIpc) is 3.34. The Hall–Kier alpha value is -3.26. The van der Waals surface area contributed by atoms with Crippen molar-refractivity contribution in [2.45, 2.75) is 10.9 Å². The monoisotopic (exact) mass is 379 g/mol. The van der Waals surface area contributed by atoms with Crippen molar-refractivity contribution >= 4 is 11.8 Å². The van der Waals surface area contributed by atoms with Crippen molar-refractivity contribution in [2.75, 3.05) is 13.0 Å². The molecule has 0 spiro atoms. The van der Waals surface area contributed by atoms with Crippen LogP contribution in [0.3, 0.4) is 0 Å². The number of hydrogen-bond acceptors (Lipinski definition) is 7. The number of aromatic nitrogens is 4. The Balaban J connectivity index is 1.50. The summed E-state index contributed by atoms with van der Waals surface area (Å²) in [6.45, 7) is 0. The topological polar surface area (TPSA) is 92.0 Å². The Kier molecular flexibility index (Phi) is 4.80. The molecule has 0 aliphatic carbocycles. The van der Waals surface area contributed by atoms with Crippen LogP contribution in [0.1, 0.15) is 5.69 Å². The second kappa shape index (κ2) is 7.55. The molecule has 7 nitrogen and oxygen atoms in total. The van der Waals surface area contributed by atoms with Crippen molar-refractivity contribution in [2.24, 2.45) is 0 Å². The number of hydrogen-bond donors (Lipinski definition) is 1. The van der Waals surface area contributed by atoms with Crippen molar-refractivity contribution < 1.29 is 9.15 Å². The number of ether oxygens (including phenoxy) is 1. The van der Waals surface area contributed by atoms with Crippen molar-refractivity contribution in [3.05, 3.63) is 66.6 Å². The molecule has 0 saturated heterocycles. The van der Waals surface area contributed by atoms with Gasteiger partial charge in [-0.1, -0.05) is 42.1 Å². The minimum atomic E-state index is 0.542. The normalized spacial score (nSPS) is 10.9. The van der Waals surface area contributed by atoms with Gasteiger partial charge in [0.25, 0.3) is 0 Å². The number of para-hydroxylation sites is 1. The second-order valence-electron chi connectivity index (χ2n) is 5.68. The molecule has 2 aromatic heterocycles. The zero-order valence-corrected chi connectivity index (χ0v) is 15.4. The third-order valence-electron chi connectivity index (χ3n) is 3.93. The van der Waals surface area contributed by atoms with Crippen LogP contribution in [0.4, 0.5) is 0 Å². The highest BCUT2D eigenvalue weighted by molar-refractivity contribution is 7.98. The quantitative estimate of drug-likeness (QED) is 0.404. The lowest BCUT2D eigenvalue weighted by Gasteiger charge is -2.07. The second-order valence-corrected chi connectivity index (χ2v) is 6.62. The summed E-state index contributed by atoms with van der Waals surface area (Å²) in [5.41, 5.74) is 2.53. The minimum absolute atomic E-state index is 0.542. The van der Waals surface area contributed by atoms with Crippen LogP contribution in [0, 0.1) is 0 Å². The summed E-state index contributed by atoms with van der Waals surface area (Å²) in [5.74, 6) is 8.58. The predicted octanol–water partition coefficient (Wildman–Crippen LogP) is 3.61. The third-order valence-corrected chi connectivity index (χ3v) is 4.91. The van der Waals surface area contributed by atoms with Gasteiger partial charge in [0, 0.05) is 11.3 Å². The molecule has 0 aliphatic rings. The summed E-state index contributed by atoms with van der Waals surface area (Å²) in [4.78, 5) is 4.51. The molecule has 0 atom stereocenters. The zero-order chi connectivity index (χ0) is 18.6. The van der Waals surface area contributed by atoms with Crippen LogP contribution >= 0.6 is 11.8 Å². The van der Waals surface area contributed by atoms with Crippen LogP contribution < -0.4 is 10.6 Å². The largest absolute Gasteiger partial charge is 0.496 e. The van der Waals surface area contributed by atoms with Gasteiger partial charge < -0.3 is 15.0 Å². The van der Waals surface area contributed by atoms with Gasteiger partial charge in [-0.3, -0.25) is 0 Å². The van der Waals surface area contributed by atoms with Gasteiger partial charge in [0.05, 0.1) is 18.4 Å². The highest BCUT2D eigenvalue weighted by Crippen LogP contribution is 2.30. The number of methoxy groups -OCH3 is 1. The van der Waals surface area contributed by atoms with Gasteiger partial charge >= 0.3 is 0 Å². The average molecular weight is 379 g/mol. The molecule has 2 heterocycles. The maximum absolute atomic E-state index is 6.19. The lowest BCUT2D eigenvalue weighted by molar-refractivity contribution is 0.416. The van der Waals surface area contributed by atoms with Gasteiger partial charge in [-0.05, 0) is 24.3 Å². The van der Waals surface area contributed by atoms with E-state index in [1.807, 2.05) is 54.6 Å². The molecule has 2 N–H and O–H groups in total. The first kappa shape index (κ1) is 17.2. The Morgan fingerprint density at radius 3 is 2.67 bits per heavy atom. The van der Waals surface area contributed by atoms with Crippen LogP contribution in [-0.2, 0) is 5.75 Å².